The number of ether oxygens (including phenoxy) is 1. The van der Waals surface area contributed by atoms with Crippen LogP contribution in [0.2, 0.25) is 0 Å². The third-order valence-electron chi connectivity index (χ3n) is 3.09. The van der Waals surface area contributed by atoms with Crippen LogP contribution in [0.3, 0.4) is 0 Å². The van der Waals surface area contributed by atoms with Crippen LogP contribution in [-0.4, -0.2) is 13.7 Å². The molecule has 0 saturated heterocycles. The minimum atomic E-state index is 0.0536. The highest BCUT2D eigenvalue weighted by Gasteiger charge is 2.18. The molecule has 0 fully saturated rings. The van der Waals surface area contributed by atoms with Gasteiger partial charge in [0.2, 0.25) is 0 Å². The Bertz CT molecular complexity index is 611. The molecule has 5 heteroatoms. The highest BCUT2D eigenvalue weighted by atomic mass is 79.9. The second-order valence-corrected chi connectivity index (χ2v) is 7.29. The van der Waals surface area contributed by atoms with Gasteiger partial charge in [-0.1, -0.05) is 47.8 Å². The van der Waals surface area contributed by atoms with E-state index in [0.29, 0.717) is 6.61 Å². The molecule has 0 aliphatic rings. The Morgan fingerprint density at radius 3 is 2.24 bits per heavy atom. The van der Waals surface area contributed by atoms with Crippen molar-refractivity contribution in [3.8, 4) is 5.75 Å². The number of hydrogen-bond donors (Lipinski definition) is 1. The van der Waals surface area contributed by atoms with E-state index in [9.17, 15) is 0 Å². The topological polar surface area (TPSA) is 21.3 Å². The molecular weight excluding hydrogens is 462 g/mol. The van der Waals surface area contributed by atoms with Gasteiger partial charge in [0, 0.05) is 19.0 Å². The van der Waals surface area contributed by atoms with Crippen LogP contribution in [0.25, 0.3) is 0 Å². The predicted octanol–water partition coefficient (Wildman–Crippen LogP) is 5.68. The average molecular weight is 478 g/mol. The van der Waals surface area contributed by atoms with Crippen LogP contribution in [0.1, 0.15) is 24.1 Å². The lowest BCUT2D eigenvalue weighted by Crippen LogP contribution is -2.19. The number of hydrogen-bond acceptors (Lipinski definition) is 2. The molecule has 0 spiro atoms. The zero-order valence-electron chi connectivity index (χ0n) is 11.8. The molecule has 2 aromatic carbocycles. The number of halogens is 3. The van der Waals surface area contributed by atoms with Gasteiger partial charge in [-0.15, -0.1) is 0 Å². The van der Waals surface area contributed by atoms with Crippen LogP contribution < -0.4 is 10.1 Å². The minimum absolute atomic E-state index is 0.0536. The first-order chi connectivity index (χ1) is 10.0. The summed E-state index contributed by atoms with van der Waals surface area (Å²) in [5.74, 6) is 0.899. The van der Waals surface area contributed by atoms with E-state index in [4.69, 9.17) is 4.74 Å². The monoisotopic (exact) mass is 475 g/mol. The van der Waals surface area contributed by atoms with Crippen LogP contribution in [0, 0.1) is 0 Å². The maximum absolute atomic E-state index is 5.77. The van der Waals surface area contributed by atoms with E-state index < -0.39 is 0 Å². The van der Waals surface area contributed by atoms with Gasteiger partial charge in [-0.3, -0.25) is 0 Å². The maximum Gasteiger partial charge on any atom is 0.124 e. The molecule has 2 rings (SSSR count). The summed E-state index contributed by atoms with van der Waals surface area (Å²) in [7, 11) is 1.95. The summed E-state index contributed by atoms with van der Waals surface area (Å²) in [6, 6.07) is 12.4. The summed E-state index contributed by atoms with van der Waals surface area (Å²) in [5, 5.41) is 3.37. The molecule has 21 heavy (non-hydrogen) atoms. The average Bonchev–Trinajstić information content (AvgIpc) is 2.41. The summed E-state index contributed by atoms with van der Waals surface area (Å²) in [6.07, 6.45) is 0. The largest absolute Gasteiger partial charge is 0.494 e. The molecule has 1 unspecified atom stereocenters. The lowest BCUT2D eigenvalue weighted by molar-refractivity contribution is 0.334. The van der Waals surface area contributed by atoms with Gasteiger partial charge < -0.3 is 10.1 Å². The van der Waals surface area contributed by atoms with Crippen molar-refractivity contribution >= 4 is 47.8 Å². The fraction of sp³-hybridized carbons (Fsp3) is 0.250. The van der Waals surface area contributed by atoms with E-state index >= 15 is 0 Å². The zero-order valence-corrected chi connectivity index (χ0v) is 16.5. The molecule has 0 bridgehead atoms. The van der Waals surface area contributed by atoms with E-state index in [1.54, 1.807) is 0 Å². The molecule has 0 amide bonds. The Labute approximate surface area is 150 Å². The van der Waals surface area contributed by atoms with Gasteiger partial charge in [0.15, 0.2) is 0 Å². The number of benzene rings is 2. The Kier molecular flexibility index (Phi) is 6.29. The van der Waals surface area contributed by atoms with Gasteiger partial charge in [0.05, 0.1) is 12.6 Å². The maximum atomic E-state index is 5.77. The van der Waals surface area contributed by atoms with E-state index in [0.717, 1.165) is 30.3 Å². The van der Waals surface area contributed by atoms with Crippen molar-refractivity contribution in [2.75, 3.05) is 13.7 Å². The first kappa shape index (κ1) is 17.0. The quantitative estimate of drug-likeness (QED) is 0.598. The van der Waals surface area contributed by atoms with Crippen molar-refractivity contribution in [2.45, 2.75) is 13.0 Å². The summed E-state index contributed by atoms with van der Waals surface area (Å²) < 4.78 is 8.89. The van der Waals surface area contributed by atoms with Gasteiger partial charge >= 0.3 is 0 Å². The standard InChI is InChI=1S/C16H16Br3NO/c1-3-21-15-5-4-11(17)9-14(15)16(20-2)10-6-12(18)8-13(19)7-10/h4-9,16,20H,3H2,1-2H3. The Morgan fingerprint density at radius 1 is 1.00 bits per heavy atom. The highest BCUT2D eigenvalue weighted by molar-refractivity contribution is 9.11. The second kappa shape index (κ2) is 7.77. The first-order valence-corrected chi connectivity index (χ1v) is 8.98. The Hall–Kier alpha value is -0.360. The summed E-state index contributed by atoms with van der Waals surface area (Å²) >= 11 is 10.6. The van der Waals surface area contributed by atoms with Crippen LogP contribution in [0.15, 0.2) is 49.8 Å². The van der Waals surface area contributed by atoms with Crippen molar-refractivity contribution in [2.24, 2.45) is 0 Å². The van der Waals surface area contributed by atoms with Crippen LogP contribution in [-0.2, 0) is 0 Å². The molecule has 0 saturated carbocycles. The second-order valence-electron chi connectivity index (χ2n) is 4.54. The summed E-state index contributed by atoms with van der Waals surface area (Å²) in [5.41, 5.74) is 2.27. The van der Waals surface area contributed by atoms with Crippen molar-refractivity contribution in [1.82, 2.24) is 5.32 Å². The zero-order chi connectivity index (χ0) is 15.4. The third kappa shape index (κ3) is 4.31. The summed E-state index contributed by atoms with van der Waals surface area (Å²) in [4.78, 5) is 0. The fourth-order valence-corrected chi connectivity index (χ4v) is 3.98. The molecular formula is C16H16Br3NO. The van der Waals surface area contributed by atoms with Gasteiger partial charge in [-0.25, -0.2) is 0 Å². The lowest BCUT2D eigenvalue weighted by Gasteiger charge is -2.21. The molecule has 1 N–H and O–H groups in total. The smallest absolute Gasteiger partial charge is 0.124 e. The van der Waals surface area contributed by atoms with Crippen LogP contribution in [0.4, 0.5) is 0 Å². The number of rotatable bonds is 5. The van der Waals surface area contributed by atoms with Crippen LogP contribution in [0.5, 0.6) is 5.75 Å². The lowest BCUT2D eigenvalue weighted by atomic mass is 9.98. The predicted molar refractivity (Wildman–Crippen MR) is 98.1 cm³/mol. The minimum Gasteiger partial charge on any atom is -0.494 e. The Balaban J connectivity index is 2.52. The molecule has 0 heterocycles. The molecule has 1 atom stereocenters. The molecule has 2 nitrogen and oxygen atoms in total. The van der Waals surface area contributed by atoms with E-state index in [-0.39, 0.29) is 6.04 Å². The molecule has 2 aromatic rings. The van der Waals surface area contributed by atoms with E-state index in [2.05, 4.69) is 71.3 Å². The van der Waals surface area contributed by atoms with E-state index in [1.165, 1.54) is 0 Å². The SMILES string of the molecule is CCOc1ccc(Br)cc1C(NC)c1cc(Br)cc(Br)c1. The van der Waals surface area contributed by atoms with Crippen molar-refractivity contribution < 1.29 is 4.74 Å². The highest BCUT2D eigenvalue weighted by Crippen LogP contribution is 2.34. The fourth-order valence-electron chi connectivity index (χ4n) is 2.28. The van der Waals surface area contributed by atoms with E-state index in [1.807, 2.05) is 32.2 Å². The first-order valence-electron chi connectivity index (χ1n) is 6.60. The third-order valence-corrected chi connectivity index (χ3v) is 4.50. The molecule has 112 valence electrons. The van der Waals surface area contributed by atoms with Crippen LogP contribution >= 0.6 is 47.8 Å². The van der Waals surface area contributed by atoms with Gasteiger partial charge in [-0.2, -0.15) is 0 Å². The van der Waals surface area contributed by atoms with Gasteiger partial charge in [0.1, 0.15) is 5.75 Å². The van der Waals surface area contributed by atoms with Crippen molar-refractivity contribution in [1.29, 1.82) is 0 Å². The number of nitrogens with one attached hydrogen (secondary N) is 1. The normalized spacial score (nSPS) is 12.2. The molecule has 0 aromatic heterocycles. The molecule has 0 radical (unpaired) electrons. The molecule has 0 aliphatic heterocycles. The Morgan fingerprint density at radius 2 is 1.67 bits per heavy atom. The summed E-state index contributed by atoms with van der Waals surface area (Å²) in [6.45, 7) is 2.64. The van der Waals surface area contributed by atoms with Crippen molar-refractivity contribution in [3.05, 3.63) is 60.9 Å². The molecule has 0 aliphatic carbocycles. The van der Waals surface area contributed by atoms with Gasteiger partial charge in [0.25, 0.3) is 0 Å². The van der Waals surface area contributed by atoms with Gasteiger partial charge in [-0.05, 0) is 55.9 Å². The van der Waals surface area contributed by atoms with Crippen molar-refractivity contribution in [3.63, 3.8) is 0 Å².